The van der Waals surface area contributed by atoms with Crippen LogP contribution in [0.25, 0.3) is 0 Å². The number of carbonyl (C=O) groups is 1. The summed E-state index contributed by atoms with van der Waals surface area (Å²) >= 11 is 0. The van der Waals surface area contributed by atoms with Gasteiger partial charge in [-0.3, -0.25) is 0 Å². The molecule has 0 bridgehead atoms. The number of epoxide rings is 1. The van der Waals surface area contributed by atoms with Crippen LogP contribution in [0.1, 0.15) is 32.6 Å². The standard InChI is InChI=1S/C15H20O4/c1-8-4-5-12-15(3,19-12)7-10(16)13-9(2)14(17)18-11(13)6-8/h10-13,16H,1-2,4-7H2,3H3/t10-,11-,12+,13-,15+/m1/s1. The van der Waals surface area contributed by atoms with E-state index in [-0.39, 0.29) is 29.7 Å². The maximum Gasteiger partial charge on any atom is 0.334 e. The third kappa shape index (κ3) is 2.13. The summed E-state index contributed by atoms with van der Waals surface area (Å²) in [6, 6.07) is 0. The first-order chi connectivity index (χ1) is 8.90. The molecule has 19 heavy (non-hydrogen) atoms. The number of aliphatic hydroxyl groups excluding tert-OH is 1. The van der Waals surface area contributed by atoms with Crippen molar-refractivity contribution in [1.82, 2.24) is 0 Å². The Kier molecular flexibility index (Phi) is 2.84. The van der Waals surface area contributed by atoms with Crippen LogP contribution in [-0.4, -0.2) is 35.0 Å². The van der Waals surface area contributed by atoms with Gasteiger partial charge in [-0.15, -0.1) is 0 Å². The average Bonchev–Trinajstić information content (AvgIpc) is 2.86. The van der Waals surface area contributed by atoms with Gasteiger partial charge in [0.1, 0.15) is 6.10 Å². The van der Waals surface area contributed by atoms with Crippen molar-refractivity contribution >= 4 is 5.97 Å². The van der Waals surface area contributed by atoms with Crippen LogP contribution in [-0.2, 0) is 14.3 Å². The number of aliphatic hydroxyl groups is 1. The van der Waals surface area contributed by atoms with Gasteiger partial charge in [0.25, 0.3) is 0 Å². The largest absolute Gasteiger partial charge is 0.458 e. The zero-order valence-electron chi connectivity index (χ0n) is 11.2. The molecule has 0 radical (unpaired) electrons. The number of fused-ring (bicyclic) bond motifs is 2. The summed E-state index contributed by atoms with van der Waals surface area (Å²) in [5.41, 5.74) is 1.16. The van der Waals surface area contributed by atoms with Gasteiger partial charge < -0.3 is 14.6 Å². The van der Waals surface area contributed by atoms with Crippen LogP contribution >= 0.6 is 0 Å². The van der Waals surface area contributed by atoms with E-state index in [4.69, 9.17) is 9.47 Å². The van der Waals surface area contributed by atoms with Gasteiger partial charge in [0, 0.05) is 18.4 Å². The first-order valence-electron chi connectivity index (χ1n) is 6.83. The van der Waals surface area contributed by atoms with E-state index >= 15 is 0 Å². The molecule has 4 nitrogen and oxygen atoms in total. The Morgan fingerprint density at radius 3 is 2.89 bits per heavy atom. The zero-order chi connectivity index (χ0) is 13.8. The minimum Gasteiger partial charge on any atom is -0.458 e. The monoisotopic (exact) mass is 264 g/mol. The molecule has 5 atom stereocenters. The lowest BCUT2D eigenvalue weighted by atomic mass is 9.81. The molecule has 3 aliphatic rings. The summed E-state index contributed by atoms with van der Waals surface area (Å²) in [6.45, 7) is 9.83. The predicted octanol–water partition coefficient (Wildman–Crippen LogP) is 1.73. The van der Waals surface area contributed by atoms with Crippen molar-refractivity contribution in [3.05, 3.63) is 24.3 Å². The Bertz CT molecular complexity index is 455. The van der Waals surface area contributed by atoms with Crippen LogP contribution in [0.3, 0.4) is 0 Å². The number of ether oxygens (including phenoxy) is 2. The highest BCUT2D eigenvalue weighted by molar-refractivity contribution is 5.91. The van der Waals surface area contributed by atoms with Crippen molar-refractivity contribution in [3.8, 4) is 0 Å². The van der Waals surface area contributed by atoms with Gasteiger partial charge in [0.15, 0.2) is 0 Å². The zero-order valence-corrected chi connectivity index (χ0v) is 11.2. The summed E-state index contributed by atoms with van der Waals surface area (Å²) in [7, 11) is 0. The van der Waals surface area contributed by atoms with E-state index in [2.05, 4.69) is 13.2 Å². The number of hydrogen-bond acceptors (Lipinski definition) is 4. The molecule has 104 valence electrons. The molecule has 1 saturated carbocycles. The molecule has 3 rings (SSSR count). The molecule has 0 aromatic rings. The Balaban J connectivity index is 1.86. The average molecular weight is 264 g/mol. The van der Waals surface area contributed by atoms with E-state index in [1.54, 1.807) is 0 Å². The van der Waals surface area contributed by atoms with Crippen molar-refractivity contribution in [1.29, 1.82) is 0 Å². The fourth-order valence-electron chi connectivity index (χ4n) is 3.39. The minimum atomic E-state index is -0.648. The lowest BCUT2D eigenvalue weighted by Crippen LogP contribution is -2.34. The fourth-order valence-corrected chi connectivity index (χ4v) is 3.39. The second-order valence-electron chi connectivity index (χ2n) is 6.18. The van der Waals surface area contributed by atoms with Crippen LogP contribution in [0.4, 0.5) is 0 Å². The number of rotatable bonds is 0. The first kappa shape index (κ1) is 12.9. The summed E-state index contributed by atoms with van der Waals surface area (Å²) in [4.78, 5) is 11.7. The molecule has 1 aliphatic carbocycles. The van der Waals surface area contributed by atoms with Gasteiger partial charge in [-0.25, -0.2) is 4.79 Å². The van der Waals surface area contributed by atoms with Crippen molar-refractivity contribution in [2.24, 2.45) is 5.92 Å². The van der Waals surface area contributed by atoms with Gasteiger partial charge >= 0.3 is 5.97 Å². The van der Waals surface area contributed by atoms with E-state index in [9.17, 15) is 9.90 Å². The van der Waals surface area contributed by atoms with Crippen molar-refractivity contribution in [3.63, 3.8) is 0 Å². The van der Waals surface area contributed by atoms with Gasteiger partial charge in [-0.1, -0.05) is 18.7 Å². The molecule has 0 unspecified atom stereocenters. The van der Waals surface area contributed by atoms with Crippen LogP contribution in [0.5, 0.6) is 0 Å². The van der Waals surface area contributed by atoms with Crippen LogP contribution in [0, 0.1) is 5.92 Å². The molecule has 2 aliphatic heterocycles. The highest BCUT2D eigenvalue weighted by Gasteiger charge is 2.55. The Morgan fingerprint density at radius 1 is 1.42 bits per heavy atom. The third-order valence-corrected chi connectivity index (χ3v) is 4.64. The lowest BCUT2D eigenvalue weighted by Gasteiger charge is -2.26. The molecule has 0 aromatic heterocycles. The minimum absolute atomic E-state index is 0.196. The van der Waals surface area contributed by atoms with E-state index in [0.717, 1.165) is 18.4 Å². The molecular weight excluding hydrogens is 244 g/mol. The predicted molar refractivity (Wildman–Crippen MR) is 69.4 cm³/mol. The quantitative estimate of drug-likeness (QED) is 0.313. The summed E-state index contributed by atoms with van der Waals surface area (Å²) in [6.07, 6.45) is 2.17. The number of hydrogen-bond donors (Lipinski definition) is 1. The summed E-state index contributed by atoms with van der Waals surface area (Å²) < 4.78 is 11.0. The highest BCUT2D eigenvalue weighted by Crippen LogP contribution is 2.47. The van der Waals surface area contributed by atoms with Crippen molar-refractivity contribution in [2.45, 2.75) is 56.5 Å². The SMILES string of the molecule is C=C1CC[C@@H]2O[C@@]2(C)C[C@@H](O)[C@H]2C(=C)C(=O)O[C@@H]2C1. The smallest absolute Gasteiger partial charge is 0.334 e. The molecule has 2 saturated heterocycles. The van der Waals surface area contributed by atoms with E-state index in [1.165, 1.54) is 0 Å². The van der Waals surface area contributed by atoms with Gasteiger partial charge in [0.2, 0.25) is 0 Å². The van der Waals surface area contributed by atoms with Gasteiger partial charge in [-0.05, 0) is 19.8 Å². The maximum atomic E-state index is 11.7. The van der Waals surface area contributed by atoms with Crippen molar-refractivity contribution < 1.29 is 19.4 Å². The lowest BCUT2D eigenvalue weighted by molar-refractivity contribution is -0.139. The molecular formula is C15H20O4. The summed E-state index contributed by atoms with van der Waals surface area (Å²) in [5, 5.41) is 10.4. The third-order valence-electron chi connectivity index (χ3n) is 4.64. The van der Waals surface area contributed by atoms with Crippen molar-refractivity contribution in [2.75, 3.05) is 0 Å². The molecule has 0 amide bonds. The Morgan fingerprint density at radius 2 is 2.16 bits per heavy atom. The second kappa shape index (κ2) is 4.18. The molecule has 3 fully saturated rings. The molecule has 1 N–H and O–H groups in total. The van der Waals surface area contributed by atoms with Crippen LogP contribution in [0.15, 0.2) is 24.3 Å². The van der Waals surface area contributed by atoms with E-state index in [1.807, 2.05) is 6.92 Å². The first-order valence-corrected chi connectivity index (χ1v) is 6.83. The van der Waals surface area contributed by atoms with E-state index < -0.39 is 6.10 Å². The maximum absolute atomic E-state index is 11.7. The number of esters is 1. The Labute approximate surface area is 113 Å². The molecule has 4 heteroatoms. The normalized spacial score (nSPS) is 46.3. The second-order valence-corrected chi connectivity index (χ2v) is 6.18. The van der Waals surface area contributed by atoms with Gasteiger partial charge in [-0.2, -0.15) is 0 Å². The number of carbonyl (C=O) groups excluding carboxylic acids is 1. The van der Waals surface area contributed by atoms with Gasteiger partial charge in [0.05, 0.1) is 23.7 Å². The molecule has 0 aromatic carbocycles. The Hall–Kier alpha value is -1.13. The van der Waals surface area contributed by atoms with Crippen LogP contribution < -0.4 is 0 Å². The molecule has 2 heterocycles. The summed E-state index contributed by atoms with van der Waals surface area (Å²) in [5.74, 6) is -0.719. The fraction of sp³-hybridized carbons (Fsp3) is 0.667. The van der Waals surface area contributed by atoms with E-state index in [0.29, 0.717) is 18.4 Å². The highest BCUT2D eigenvalue weighted by atomic mass is 16.6. The molecule has 0 spiro atoms. The topological polar surface area (TPSA) is 59.1 Å². The van der Waals surface area contributed by atoms with Crippen LogP contribution in [0.2, 0.25) is 0 Å².